The third-order valence-corrected chi connectivity index (χ3v) is 7.40. The molecule has 0 unspecified atom stereocenters. The molecule has 1 aromatic rings. The first-order chi connectivity index (χ1) is 15.3. The van der Waals surface area contributed by atoms with Gasteiger partial charge in [-0.05, 0) is 99.2 Å². The normalized spacial score (nSPS) is 27.1. The Bertz CT molecular complexity index is 718. The summed E-state index contributed by atoms with van der Waals surface area (Å²) in [6.45, 7) is 2.19. The van der Waals surface area contributed by atoms with Crippen LogP contribution in [0.4, 0.5) is 22.0 Å². The number of hydrogen-bond donors (Lipinski definition) is 0. The molecular formula is C26H35F5O. The summed E-state index contributed by atoms with van der Waals surface area (Å²) in [5.74, 6) is -1.74. The second kappa shape index (κ2) is 11.5. The Morgan fingerprint density at radius 2 is 1.38 bits per heavy atom. The van der Waals surface area contributed by atoms with Gasteiger partial charge in [0.2, 0.25) is 5.75 Å². The van der Waals surface area contributed by atoms with Gasteiger partial charge in [0.25, 0.3) is 0 Å². The van der Waals surface area contributed by atoms with Gasteiger partial charge in [-0.15, -0.1) is 13.2 Å². The predicted octanol–water partition coefficient (Wildman–Crippen LogP) is 9.08. The van der Waals surface area contributed by atoms with Crippen LogP contribution in [-0.4, -0.2) is 6.36 Å². The van der Waals surface area contributed by atoms with Gasteiger partial charge in [-0.2, -0.15) is 0 Å². The minimum Gasteiger partial charge on any atom is -0.399 e. The van der Waals surface area contributed by atoms with Crippen LogP contribution in [0.25, 0.3) is 0 Å². The van der Waals surface area contributed by atoms with E-state index in [0.29, 0.717) is 11.5 Å². The van der Waals surface area contributed by atoms with Crippen molar-refractivity contribution in [2.24, 2.45) is 17.8 Å². The first-order valence-corrected chi connectivity index (χ1v) is 12.2. The lowest BCUT2D eigenvalue weighted by atomic mass is 9.68. The van der Waals surface area contributed by atoms with Gasteiger partial charge in [0, 0.05) is 0 Å². The maximum atomic E-state index is 14.1. The van der Waals surface area contributed by atoms with Crippen molar-refractivity contribution in [1.29, 1.82) is 0 Å². The van der Waals surface area contributed by atoms with Crippen LogP contribution in [0, 0.1) is 29.4 Å². The summed E-state index contributed by atoms with van der Waals surface area (Å²) in [6.07, 6.45) is 13.1. The molecule has 2 saturated carbocycles. The zero-order chi connectivity index (χ0) is 23.1. The molecule has 6 heteroatoms. The smallest absolute Gasteiger partial charge is 0.399 e. The van der Waals surface area contributed by atoms with E-state index in [0.717, 1.165) is 49.7 Å². The molecular weight excluding hydrogens is 423 g/mol. The molecule has 0 radical (unpaired) electrons. The Labute approximate surface area is 188 Å². The molecule has 0 aromatic heterocycles. The Balaban J connectivity index is 1.46. The number of alkyl halides is 3. The fourth-order valence-corrected chi connectivity index (χ4v) is 5.63. The summed E-state index contributed by atoms with van der Waals surface area (Å²) in [5.41, 5.74) is 0.438. The quantitative estimate of drug-likeness (QED) is 0.279. The van der Waals surface area contributed by atoms with Gasteiger partial charge in [0.05, 0.1) is 0 Å². The summed E-state index contributed by atoms with van der Waals surface area (Å²) in [7, 11) is 0. The highest BCUT2D eigenvalue weighted by Crippen LogP contribution is 2.45. The standard InChI is InChI=1S/C26H35F5O/c1-2-3-4-5-6-7-18-8-10-19(11-9-18)20-12-14-21(15-13-20)22-16-23(27)25(24(28)17-22)32-26(29,30)31/h4-5,16-21H,2-3,6-15H2,1H3/b5-4+. The molecule has 0 heterocycles. The van der Waals surface area contributed by atoms with Crippen molar-refractivity contribution in [2.75, 3.05) is 0 Å². The van der Waals surface area contributed by atoms with Crippen LogP contribution in [-0.2, 0) is 0 Å². The van der Waals surface area contributed by atoms with Crippen molar-refractivity contribution in [3.8, 4) is 5.75 Å². The number of ether oxygens (including phenoxy) is 1. The van der Waals surface area contributed by atoms with Gasteiger partial charge in [-0.25, -0.2) is 8.78 Å². The summed E-state index contributed by atoms with van der Waals surface area (Å²) in [4.78, 5) is 0. The molecule has 0 spiro atoms. The number of hydrogen-bond acceptors (Lipinski definition) is 1. The van der Waals surface area contributed by atoms with Crippen molar-refractivity contribution >= 4 is 0 Å². The van der Waals surface area contributed by atoms with Gasteiger partial charge in [-0.3, -0.25) is 0 Å². The van der Waals surface area contributed by atoms with E-state index in [4.69, 9.17) is 0 Å². The number of unbranched alkanes of at least 4 members (excludes halogenated alkanes) is 1. The lowest BCUT2D eigenvalue weighted by Crippen LogP contribution is -2.25. The molecule has 0 amide bonds. The topological polar surface area (TPSA) is 9.23 Å². The highest BCUT2D eigenvalue weighted by molar-refractivity contribution is 5.33. The van der Waals surface area contributed by atoms with Gasteiger partial charge in [0.15, 0.2) is 11.6 Å². The average Bonchev–Trinajstić information content (AvgIpc) is 2.76. The van der Waals surface area contributed by atoms with Crippen molar-refractivity contribution < 1.29 is 26.7 Å². The van der Waals surface area contributed by atoms with Crippen molar-refractivity contribution in [2.45, 2.75) is 96.3 Å². The maximum absolute atomic E-state index is 14.1. The number of halogens is 5. The molecule has 32 heavy (non-hydrogen) atoms. The van der Waals surface area contributed by atoms with E-state index < -0.39 is 23.7 Å². The van der Waals surface area contributed by atoms with Crippen molar-refractivity contribution in [3.63, 3.8) is 0 Å². The summed E-state index contributed by atoms with van der Waals surface area (Å²) in [5, 5.41) is 0. The fourth-order valence-electron chi connectivity index (χ4n) is 5.63. The number of benzene rings is 1. The van der Waals surface area contributed by atoms with Crippen LogP contribution in [0.5, 0.6) is 5.75 Å². The Kier molecular flexibility index (Phi) is 9.01. The molecule has 0 bridgehead atoms. The van der Waals surface area contributed by atoms with Crippen molar-refractivity contribution in [1.82, 2.24) is 0 Å². The van der Waals surface area contributed by atoms with E-state index in [1.807, 2.05) is 0 Å². The zero-order valence-corrected chi connectivity index (χ0v) is 18.9. The van der Waals surface area contributed by atoms with Crippen LogP contribution < -0.4 is 4.74 Å². The van der Waals surface area contributed by atoms with Gasteiger partial charge in [0.1, 0.15) is 0 Å². The van der Waals surface area contributed by atoms with E-state index in [1.54, 1.807) is 0 Å². The Morgan fingerprint density at radius 3 is 1.91 bits per heavy atom. The molecule has 1 nitrogen and oxygen atoms in total. The summed E-state index contributed by atoms with van der Waals surface area (Å²) < 4.78 is 68.7. The van der Waals surface area contributed by atoms with Crippen LogP contribution in [0.1, 0.15) is 95.5 Å². The van der Waals surface area contributed by atoms with E-state index in [2.05, 4.69) is 23.8 Å². The molecule has 180 valence electrons. The van der Waals surface area contributed by atoms with E-state index in [9.17, 15) is 22.0 Å². The SMILES string of the molecule is CCC/C=C/CCC1CCC(C2CCC(c3cc(F)c(OC(F)(F)F)c(F)c3)CC2)CC1. The second-order valence-corrected chi connectivity index (χ2v) is 9.59. The first kappa shape index (κ1) is 25.0. The molecule has 3 rings (SSSR count). The van der Waals surface area contributed by atoms with Gasteiger partial charge >= 0.3 is 6.36 Å². The number of allylic oxidation sites excluding steroid dienone is 2. The Hall–Kier alpha value is -1.59. The molecule has 1 aromatic carbocycles. The average molecular weight is 459 g/mol. The number of rotatable bonds is 8. The molecule has 0 saturated heterocycles. The second-order valence-electron chi connectivity index (χ2n) is 9.59. The first-order valence-electron chi connectivity index (χ1n) is 12.2. The fraction of sp³-hybridized carbons (Fsp3) is 0.692. The van der Waals surface area contributed by atoms with Crippen LogP contribution in [0.3, 0.4) is 0 Å². The lowest BCUT2D eigenvalue weighted by Gasteiger charge is -2.38. The highest BCUT2D eigenvalue weighted by atomic mass is 19.4. The molecule has 0 atom stereocenters. The molecule has 2 fully saturated rings. The monoisotopic (exact) mass is 458 g/mol. The van der Waals surface area contributed by atoms with E-state index in [1.165, 1.54) is 51.4 Å². The van der Waals surface area contributed by atoms with Gasteiger partial charge < -0.3 is 4.74 Å². The Morgan fingerprint density at radius 1 is 0.844 bits per heavy atom. The summed E-state index contributed by atoms with van der Waals surface area (Å²) >= 11 is 0. The highest BCUT2D eigenvalue weighted by Gasteiger charge is 2.35. The maximum Gasteiger partial charge on any atom is 0.573 e. The van der Waals surface area contributed by atoms with Crippen LogP contribution >= 0.6 is 0 Å². The minimum absolute atomic E-state index is 0.0126. The van der Waals surface area contributed by atoms with Crippen LogP contribution in [0.2, 0.25) is 0 Å². The van der Waals surface area contributed by atoms with Gasteiger partial charge in [-0.1, -0.05) is 38.3 Å². The van der Waals surface area contributed by atoms with E-state index >= 15 is 0 Å². The lowest BCUT2D eigenvalue weighted by molar-refractivity contribution is -0.276. The molecule has 2 aliphatic carbocycles. The third-order valence-electron chi connectivity index (χ3n) is 7.40. The third kappa shape index (κ3) is 7.21. The van der Waals surface area contributed by atoms with E-state index in [-0.39, 0.29) is 5.92 Å². The van der Waals surface area contributed by atoms with Crippen molar-refractivity contribution in [3.05, 3.63) is 41.5 Å². The zero-order valence-electron chi connectivity index (χ0n) is 18.9. The molecule has 0 N–H and O–H groups in total. The largest absolute Gasteiger partial charge is 0.573 e. The summed E-state index contributed by atoms with van der Waals surface area (Å²) in [6, 6.07) is 2.02. The predicted molar refractivity (Wildman–Crippen MR) is 116 cm³/mol. The molecule has 0 aliphatic heterocycles. The molecule has 2 aliphatic rings. The minimum atomic E-state index is -5.12. The van der Waals surface area contributed by atoms with Crippen LogP contribution in [0.15, 0.2) is 24.3 Å².